The molecule has 0 aliphatic heterocycles. The molecule has 0 spiro atoms. The molecule has 0 radical (unpaired) electrons. The Balaban J connectivity index is 1.48. The highest BCUT2D eigenvalue weighted by Gasteiger charge is 2.26. The van der Waals surface area contributed by atoms with Crippen molar-refractivity contribution in [2.45, 2.75) is 6.61 Å². The Morgan fingerprint density at radius 3 is 2.42 bits per heavy atom. The van der Waals surface area contributed by atoms with Gasteiger partial charge >= 0.3 is 0 Å². The number of hydrogen-bond acceptors (Lipinski definition) is 7. The summed E-state index contributed by atoms with van der Waals surface area (Å²) in [6.45, 7) is 0.420. The predicted octanol–water partition coefficient (Wildman–Crippen LogP) is 7.61. The molecule has 0 fully saturated rings. The molecule has 3 heterocycles. The Morgan fingerprint density at radius 2 is 1.75 bits per heavy atom. The van der Waals surface area contributed by atoms with E-state index in [0.717, 1.165) is 14.7 Å². The highest BCUT2D eigenvalue weighted by atomic mass is 127. The number of rotatable bonds is 8. The maximum absolute atomic E-state index is 9.93. The minimum absolute atomic E-state index is 0.147. The lowest BCUT2D eigenvalue weighted by atomic mass is 10.1. The highest BCUT2D eigenvalue weighted by molar-refractivity contribution is 14.1. The Kier molecular flexibility index (Phi) is 6.91. The van der Waals surface area contributed by atoms with Gasteiger partial charge in [0.1, 0.15) is 24.0 Å². The Hall–Kier alpha value is -4.23. The average Bonchev–Trinajstić information content (AvgIpc) is 3.67. The zero-order chi connectivity index (χ0) is 24.9. The van der Waals surface area contributed by atoms with Crippen LogP contribution in [0.15, 0.2) is 97.5 Å². The van der Waals surface area contributed by atoms with E-state index < -0.39 is 0 Å². The van der Waals surface area contributed by atoms with Crippen molar-refractivity contribution < 1.29 is 22.7 Å². The molecular formula is C28H19IN2O5. The monoisotopic (exact) mass is 590 g/mol. The number of halogens is 1. The smallest absolute Gasteiger partial charge is 0.238 e. The van der Waals surface area contributed by atoms with Crippen molar-refractivity contribution in [2.75, 3.05) is 7.11 Å². The van der Waals surface area contributed by atoms with Gasteiger partial charge in [-0.2, -0.15) is 5.26 Å². The van der Waals surface area contributed by atoms with E-state index in [9.17, 15) is 5.26 Å². The van der Waals surface area contributed by atoms with Crippen LogP contribution in [0.5, 0.6) is 11.5 Å². The SMILES string of the molecule is COc1cc(C=Nc2oc(-c3ccco3)c(-c3ccco3)c2C#N)cc(I)c1OCc1ccccc1. The van der Waals surface area contributed by atoms with E-state index in [0.29, 0.717) is 41.0 Å². The summed E-state index contributed by atoms with van der Waals surface area (Å²) < 4.78 is 29.5. The van der Waals surface area contributed by atoms with E-state index in [1.54, 1.807) is 37.6 Å². The molecule has 7 nitrogen and oxygen atoms in total. The molecule has 0 amide bonds. The summed E-state index contributed by atoms with van der Waals surface area (Å²) in [7, 11) is 1.59. The molecule has 0 aliphatic carbocycles. The molecule has 5 aromatic rings. The largest absolute Gasteiger partial charge is 0.493 e. The van der Waals surface area contributed by atoms with Gasteiger partial charge in [-0.1, -0.05) is 30.3 Å². The number of aliphatic imine (C=N–C) groups is 1. The van der Waals surface area contributed by atoms with Crippen LogP contribution in [0.1, 0.15) is 16.7 Å². The van der Waals surface area contributed by atoms with Gasteiger partial charge < -0.3 is 22.7 Å². The summed E-state index contributed by atoms with van der Waals surface area (Å²) in [6.07, 6.45) is 4.69. The van der Waals surface area contributed by atoms with Gasteiger partial charge in [-0.15, -0.1) is 0 Å². The summed E-state index contributed by atoms with van der Waals surface area (Å²) in [5.74, 6) is 2.70. The van der Waals surface area contributed by atoms with Crippen molar-refractivity contribution in [1.29, 1.82) is 5.26 Å². The van der Waals surface area contributed by atoms with Crippen LogP contribution in [0, 0.1) is 14.9 Å². The van der Waals surface area contributed by atoms with Crippen molar-refractivity contribution >= 4 is 34.7 Å². The Bertz CT molecular complexity index is 1530. The number of furan rings is 3. The number of benzene rings is 2. The average molecular weight is 590 g/mol. The lowest BCUT2D eigenvalue weighted by Crippen LogP contribution is -2.00. The lowest BCUT2D eigenvalue weighted by molar-refractivity contribution is 0.282. The lowest BCUT2D eigenvalue weighted by Gasteiger charge is -2.13. The topological polar surface area (TPSA) is 94.0 Å². The first kappa shape index (κ1) is 23.5. The second kappa shape index (κ2) is 10.6. The van der Waals surface area contributed by atoms with Crippen LogP contribution < -0.4 is 9.47 Å². The van der Waals surface area contributed by atoms with Crippen molar-refractivity contribution in [1.82, 2.24) is 0 Å². The molecule has 0 unspecified atom stereocenters. The molecule has 0 bridgehead atoms. The summed E-state index contributed by atoms with van der Waals surface area (Å²) in [5.41, 5.74) is 2.55. The summed E-state index contributed by atoms with van der Waals surface area (Å²) in [5, 5.41) is 9.93. The molecule has 0 N–H and O–H groups in total. The van der Waals surface area contributed by atoms with E-state index in [1.165, 1.54) is 12.5 Å². The first-order valence-corrected chi connectivity index (χ1v) is 12.0. The van der Waals surface area contributed by atoms with Gasteiger partial charge in [0.05, 0.1) is 28.8 Å². The molecule has 0 saturated heterocycles. The molecule has 8 heteroatoms. The normalized spacial score (nSPS) is 11.0. The molecular weight excluding hydrogens is 571 g/mol. The number of methoxy groups -OCH3 is 1. The Morgan fingerprint density at radius 1 is 1.00 bits per heavy atom. The van der Waals surface area contributed by atoms with Gasteiger partial charge in [0, 0.05) is 6.21 Å². The third kappa shape index (κ3) is 4.78. The molecule has 0 atom stereocenters. The van der Waals surface area contributed by atoms with E-state index in [4.69, 9.17) is 22.7 Å². The van der Waals surface area contributed by atoms with Crippen LogP contribution in [0.2, 0.25) is 0 Å². The van der Waals surface area contributed by atoms with Crippen LogP contribution in [-0.2, 0) is 6.61 Å². The summed E-state index contributed by atoms with van der Waals surface area (Å²) in [4.78, 5) is 4.49. The number of nitrogens with zero attached hydrogens (tertiary/aromatic N) is 2. The number of ether oxygens (including phenoxy) is 2. The molecule has 5 rings (SSSR count). The fourth-order valence-electron chi connectivity index (χ4n) is 3.67. The molecule has 36 heavy (non-hydrogen) atoms. The zero-order valence-corrected chi connectivity index (χ0v) is 21.3. The maximum Gasteiger partial charge on any atom is 0.238 e. The van der Waals surface area contributed by atoms with Gasteiger partial charge in [-0.05, 0) is 70.1 Å². The van der Waals surface area contributed by atoms with Gasteiger partial charge in [0.2, 0.25) is 5.88 Å². The second-order valence-corrected chi connectivity index (χ2v) is 8.78. The van der Waals surface area contributed by atoms with Crippen LogP contribution in [0.4, 0.5) is 5.88 Å². The zero-order valence-electron chi connectivity index (χ0n) is 19.1. The van der Waals surface area contributed by atoms with Crippen molar-refractivity contribution in [2.24, 2.45) is 4.99 Å². The summed E-state index contributed by atoms with van der Waals surface area (Å²) in [6, 6.07) is 22.8. The number of nitriles is 1. The molecule has 2 aromatic carbocycles. The van der Waals surface area contributed by atoms with Crippen LogP contribution in [0.3, 0.4) is 0 Å². The van der Waals surface area contributed by atoms with Crippen LogP contribution in [0.25, 0.3) is 22.8 Å². The van der Waals surface area contributed by atoms with Crippen LogP contribution >= 0.6 is 22.6 Å². The van der Waals surface area contributed by atoms with Gasteiger partial charge in [-0.3, -0.25) is 0 Å². The minimum Gasteiger partial charge on any atom is -0.493 e. The predicted molar refractivity (Wildman–Crippen MR) is 143 cm³/mol. The fourth-order valence-corrected chi connectivity index (χ4v) is 4.45. The molecule has 0 aliphatic rings. The standard InChI is InChI=1S/C28H19IN2O5/c1-32-24-14-19(13-21(29)26(24)35-17-18-7-3-2-4-8-18)16-31-28-20(15-30)25(22-9-5-11-33-22)27(36-28)23-10-6-12-34-23/h2-14,16H,17H2,1H3. The van der Waals surface area contributed by atoms with Crippen molar-refractivity contribution in [3.63, 3.8) is 0 Å². The fraction of sp³-hybridized carbons (Fsp3) is 0.0714. The number of hydrogen-bond donors (Lipinski definition) is 0. The van der Waals surface area contributed by atoms with Crippen LogP contribution in [-0.4, -0.2) is 13.3 Å². The Labute approximate surface area is 220 Å². The minimum atomic E-state index is 0.147. The quantitative estimate of drug-likeness (QED) is 0.136. The van der Waals surface area contributed by atoms with E-state index >= 15 is 0 Å². The first-order valence-electron chi connectivity index (χ1n) is 10.9. The summed E-state index contributed by atoms with van der Waals surface area (Å²) >= 11 is 2.20. The third-order valence-electron chi connectivity index (χ3n) is 5.32. The van der Waals surface area contributed by atoms with E-state index in [-0.39, 0.29) is 11.4 Å². The third-order valence-corrected chi connectivity index (χ3v) is 6.12. The van der Waals surface area contributed by atoms with Gasteiger partial charge in [-0.25, -0.2) is 4.99 Å². The van der Waals surface area contributed by atoms with Crippen molar-refractivity contribution in [3.8, 4) is 40.4 Å². The second-order valence-electron chi connectivity index (χ2n) is 7.62. The maximum atomic E-state index is 9.93. The molecule has 0 saturated carbocycles. The van der Waals surface area contributed by atoms with E-state index in [1.807, 2.05) is 42.5 Å². The highest BCUT2D eigenvalue weighted by Crippen LogP contribution is 2.43. The van der Waals surface area contributed by atoms with Crippen molar-refractivity contribution in [3.05, 3.63) is 99.5 Å². The van der Waals surface area contributed by atoms with Gasteiger partial charge in [0.15, 0.2) is 23.0 Å². The van der Waals surface area contributed by atoms with Gasteiger partial charge in [0.25, 0.3) is 0 Å². The molecule has 178 valence electrons. The first-order chi connectivity index (χ1) is 17.7. The molecule has 3 aromatic heterocycles. The van der Waals surface area contributed by atoms with E-state index in [2.05, 4.69) is 33.7 Å².